The summed E-state index contributed by atoms with van der Waals surface area (Å²) in [5, 5.41) is 24.3. The number of aliphatic hydroxyl groups excluding tert-OH is 2. The molecule has 5 rings (SSSR count). The first-order valence-corrected chi connectivity index (χ1v) is 8.70. The molecular weight excluding hydrogens is 284 g/mol. The Morgan fingerprint density at radius 1 is 1.00 bits per heavy atom. The molecule has 2 heteroatoms. The van der Waals surface area contributed by atoms with E-state index in [1.54, 1.807) is 0 Å². The van der Waals surface area contributed by atoms with E-state index in [0.29, 0.717) is 11.8 Å². The summed E-state index contributed by atoms with van der Waals surface area (Å²) in [5.41, 5.74) is 0.665. The van der Waals surface area contributed by atoms with E-state index < -0.39 is 17.6 Å². The van der Waals surface area contributed by atoms with Crippen LogP contribution in [-0.2, 0) is 0 Å². The van der Waals surface area contributed by atoms with E-state index in [1.165, 1.54) is 5.39 Å². The number of fused-ring (bicyclic) bond motifs is 3. The van der Waals surface area contributed by atoms with Gasteiger partial charge in [-0.05, 0) is 52.5 Å². The van der Waals surface area contributed by atoms with E-state index >= 15 is 0 Å². The molecular formula is C21H26O2. The molecule has 3 fully saturated rings. The highest BCUT2D eigenvalue weighted by molar-refractivity contribution is 5.83. The molecule has 0 unspecified atom stereocenters. The van der Waals surface area contributed by atoms with E-state index in [2.05, 4.69) is 45.0 Å². The Labute approximate surface area is 138 Å². The summed E-state index contributed by atoms with van der Waals surface area (Å²) in [4.78, 5) is 0. The molecule has 0 radical (unpaired) electrons. The summed E-state index contributed by atoms with van der Waals surface area (Å²) in [6.45, 7) is 6.67. The summed E-state index contributed by atoms with van der Waals surface area (Å²) in [7, 11) is 0. The van der Waals surface area contributed by atoms with Crippen LogP contribution in [0.3, 0.4) is 0 Å². The number of rotatable bonds is 2. The van der Waals surface area contributed by atoms with Crippen molar-refractivity contribution in [3.05, 3.63) is 48.0 Å². The lowest BCUT2D eigenvalue weighted by Crippen LogP contribution is -2.64. The molecule has 0 aliphatic heterocycles. The summed E-state index contributed by atoms with van der Waals surface area (Å²) < 4.78 is 0. The number of benzene rings is 2. The molecule has 23 heavy (non-hydrogen) atoms. The maximum absolute atomic E-state index is 11.2. The van der Waals surface area contributed by atoms with Crippen molar-refractivity contribution >= 4 is 10.8 Å². The van der Waals surface area contributed by atoms with Crippen LogP contribution in [0, 0.1) is 22.7 Å². The highest BCUT2D eigenvalue weighted by atomic mass is 16.3. The lowest BCUT2D eigenvalue weighted by atomic mass is 9.39. The van der Waals surface area contributed by atoms with Gasteiger partial charge in [-0.25, -0.2) is 0 Å². The minimum atomic E-state index is -0.632. The van der Waals surface area contributed by atoms with Crippen LogP contribution in [-0.4, -0.2) is 16.3 Å². The van der Waals surface area contributed by atoms with Crippen LogP contribution in [0.2, 0.25) is 0 Å². The predicted molar refractivity (Wildman–Crippen MR) is 93.0 cm³/mol. The van der Waals surface area contributed by atoms with Crippen molar-refractivity contribution in [2.45, 2.75) is 45.8 Å². The van der Waals surface area contributed by atoms with E-state index in [4.69, 9.17) is 0 Å². The molecule has 5 atom stereocenters. The third-order valence-electron chi connectivity index (χ3n) is 7.13. The van der Waals surface area contributed by atoms with Crippen LogP contribution in [0.1, 0.15) is 45.3 Å². The third kappa shape index (κ3) is 1.95. The van der Waals surface area contributed by atoms with Gasteiger partial charge < -0.3 is 10.2 Å². The monoisotopic (exact) mass is 310 g/mol. The van der Waals surface area contributed by atoms with E-state index in [9.17, 15) is 10.2 Å². The van der Waals surface area contributed by atoms with Gasteiger partial charge in [0.05, 0.1) is 12.2 Å². The SMILES string of the molecule is CC1(C)[C@@H]2C[C@@H](O)[C@@](C)([C@H](O)c3ccc4ccccc4c3)[C@H]1C2. The molecule has 2 bridgehead atoms. The number of aliphatic hydroxyl groups is 2. The Balaban J connectivity index is 1.75. The van der Waals surface area contributed by atoms with Crippen LogP contribution < -0.4 is 0 Å². The van der Waals surface area contributed by atoms with Crippen molar-refractivity contribution in [3.8, 4) is 0 Å². The quantitative estimate of drug-likeness (QED) is 0.868. The fourth-order valence-corrected chi connectivity index (χ4v) is 5.34. The van der Waals surface area contributed by atoms with Crippen LogP contribution in [0.25, 0.3) is 10.8 Å². The number of hydrogen-bond donors (Lipinski definition) is 2. The Bertz CT molecular complexity index is 750. The molecule has 0 heterocycles. The summed E-state index contributed by atoms with van der Waals surface area (Å²) in [6.07, 6.45) is 0.879. The fourth-order valence-electron chi connectivity index (χ4n) is 5.34. The molecule has 3 saturated carbocycles. The smallest absolute Gasteiger partial charge is 0.0871 e. The second kappa shape index (κ2) is 4.81. The van der Waals surface area contributed by atoms with Gasteiger partial charge in [-0.1, -0.05) is 57.2 Å². The van der Waals surface area contributed by atoms with Gasteiger partial charge in [-0.2, -0.15) is 0 Å². The van der Waals surface area contributed by atoms with Gasteiger partial charge in [-0.3, -0.25) is 0 Å². The minimum absolute atomic E-state index is 0.214. The van der Waals surface area contributed by atoms with E-state index in [1.807, 2.05) is 18.2 Å². The minimum Gasteiger partial charge on any atom is -0.392 e. The molecule has 3 aliphatic carbocycles. The van der Waals surface area contributed by atoms with Crippen molar-refractivity contribution in [1.29, 1.82) is 0 Å². The van der Waals surface area contributed by atoms with E-state index in [0.717, 1.165) is 23.8 Å². The molecule has 0 aromatic heterocycles. The first kappa shape index (κ1) is 15.2. The van der Waals surface area contributed by atoms with Crippen molar-refractivity contribution in [3.63, 3.8) is 0 Å². The second-order valence-electron chi connectivity index (χ2n) is 8.43. The second-order valence-corrected chi connectivity index (χ2v) is 8.43. The van der Waals surface area contributed by atoms with Gasteiger partial charge in [-0.15, -0.1) is 0 Å². The van der Waals surface area contributed by atoms with Gasteiger partial charge in [0.25, 0.3) is 0 Å². The summed E-state index contributed by atoms with van der Waals surface area (Å²) in [6, 6.07) is 14.4. The predicted octanol–water partition coefficient (Wildman–Crippen LogP) is 4.31. The van der Waals surface area contributed by atoms with Crippen LogP contribution in [0.4, 0.5) is 0 Å². The fraction of sp³-hybridized carbons (Fsp3) is 0.524. The largest absolute Gasteiger partial charge is 0.392 e. The van der Waals surface area contributed by atoms with Crippen molar-refractivity contribution in [1.82, 2.24) is 0 Å². The van der Waals surface area contributed by atoms with Gasteiger partial charge in [0.2, 0.25) is 0 Å². The van der Waals surface area contributed by atoms with Crippen LogP contribution in [0.15, 0.2) is 42.5 Å². The molecule has 2 aromatic carbocycles. The van der Waals surface area contributed by atoms with E-state index in [-0.39, 0.29) is 5.41 Å². The Hall–Kier alpha value is -1.38. The van der Waals surface area contributed by atoms with Crippen molar-refractivity contribution < 1.29 is 10.2 Å². The first-order chi connectivity index (χ1) is 10.8. The topological polar surface area (TPSA) is 40.5 Å². The van der Waals surface area contributed by atoms with Gasteiger partial charge in [0, 0.05) is 5.41 Å². The molecule has 0 amide bonds. The zero-order chi connectivity index (χ0) is 16.4. The molecule has 3 aliphatic rings. The molecule has 2 nitrogen and oxygen atoms in total. The Kier molecular flexibility index (Phi) is 3.17. The standard InChI is InChI=1S/C21H26O2/c1-20(2)16-11-17(20)21(3,18(22)12-16)19(23)15-9-8-13-6-4-5-7-14(13)10-15/h4-10,16-19,22-23H,11-12H2,1-3H3/t16-,17-,18+,19+,21-/m0/s1. The average molecular weight is 310 g/mol. The van der Waals surface area contributed by atoms with Gasteiger partial charge >= 0.3 is 0 Å². The normalized spacial score (nSPS) is 36.5. The highest BCUT2D eigenvalue weighted by Crippen LogP contribution is 2.68. The molecule has 2 aromatic rings. The number of hydrogen-bond acceptors (Lipinski definition) is 2. The first-order valence-electron chi connectivity index (χ1n) is 8.70. The van der Waals surface area contributed by atoms with Crippen molar-refractivity contribution in [2.24, 2.45) is 22.7 Å². The maximum Gasteiger partial charge on any atom is 0.0871 e. The van der Waals surface area contributed by atoms with Gasteiger partial charge in [0.1, 0.15) is 0 Å². The Morgan fingerprint density at radius 3 is 2.39 bits per heavy atom. The molecule has 0 spiro atoms. The molecule has 0 saturated heterocycles. The van der Waals surface area contributed by atoms with Gasteiger partial charge in [0.15, 0.2) is 0 Å². The van der Waals surface area contributed by atoms with Crippen LogP contribution in [0.5, 0.6) is 0 Å². The Morgan fingerprint density at radius 2 is 1.70 bits per heavy atom. The molecule has 122 valence electrons. The summed E-state index contributed by atoms with van der Waals surface area (Å²) in [5.74, 6) is 0.963. The highest BCUT2D eigenvalue weighted by Gasteiger charge is 2.65. The maximum atomic E-state index is 11.2. The van der Waals surface area contributed by atoms with Crippen molar-refractivity contribution in [2.75, 3.05) is 0 Å². The lowest BCUT2D eigenvalue weighted by molar-refractivity contribution is -0.243. The average Bonchev–Trinajstić information content (AvgIpc) is 2.55. The zero-order valence-corrected chi connectivity index (χ0v) is 14.2. The zero-order valence-electron chi connectivity index (χ0n) is 14.2. The van der Waals surface area contributed by atoms with Crippen LogP contribution >= 0.6 is 0 Å². The summed E-state index contributed by atoms with van der Waals surface area (Å²) >= 11 is 0. The lowest BCUT2D eigenvalue weighted by Gasteiger charge is -2.67. The molecule has 2 N–H and O–H groups in total. The third-order valence-corrected chi connectivity index (χ3v) is 7.13.